The summed E-state index contributed by atoms with van der Waals surface area (Å²) in [5.74, 6) is -0.282. The summed E-state index contributed by atoms with van der Waals surface area (Å²) >= 11 is 3.27. The number of nitrogens with two attached hydrogens (primary N) is 1. The van der Waals surface area contributed by atoms with E-state index < -0.39 is 4.92 Å². The molecule has 5 nitrogen and oxygen atoms in total. The van der Waals surface area contributed by atoms with Crippen molar-refractivity contribution in [2.24, 2.45) is 0 Å². The lowest BCUT2D eigenvalue weighted by Crippen LogP contribution is -2.03. The number of anilines is 1. The molecule has 0 fully saturated rings. The second-order valence-electron chi connectivity index (χ2n) is 3.87. The fourth-order valence-electron chi connectivity index (χ4n) is 1.61. The van der Waals surface area contributed by atoms with E-state index in [1.165, 1.54) is 18.2 Å². The van der Waals surface area contributed by atoms with Gasteiger partial charge < -0.3 is 5.73 Å². The Bertz CT molecular complexity index is 653. The van der Waals surface area contributed by atoms with Gasteiger partial charge in [0.15, 0.2) is 5.78 Å². The van der Waals surface area contributed by atoms with Gasteiger partial charge in [-0.1, -0.05) is 15.9 Å². The molecular formula is C13H9BrN2O3. The maximum absolute atomic E-state index is 12.2. The molecule has 0 saturated carbocycles. The molecule has 2 aromatic carbocycles. The summed E-state index contributed by atoms with van der Waals surface area (Å²) in [7, 11) is 0. The molecule has 0 radical (unpaired) electrons. The molecule has 96 valence electrons. The molecular weight excluding hydrogens is 312 g/mol. The van der Waals surface area contributed by atoms with Crippen LogP contribution in [0.25, 0.3) is 0 Å². The first-order valence-corrected chi connectivity index (χ1v) is 6.12. The molecule has 0 bridgehead atoms. The van der Waals surface area contributed by atoms with Gasteiger partial charge in [-0.05, 0) is 36.4 Å². The minimum Gasteiger partial charge on any atom is -0.393 e. The van der Waals surface area contributed by atoms with Crippen LogP contribution in [0.5, 0.6) is 0 Å². The first kappa shape index (κ1) is 13.2. The summed E-state index contributed by atoms with van der Waals surface area (Å²) in [6.45, 7) is 0. The Morgan fingerprint density at radius 2 is 1.68 bits per heavy atom. The summed E-state index contributed by atoms with van der Waals surface area (Å²) in [6.07, 6.45) is 0. The summed E-state index contributed by atoms with van der Waals surface area (Å²) < 4.78 is 0.854. The number of rotatable bonds is 3. The van der Waals surface area contributed by atoms with Gasteiger partial charge in [-0.25, -0.2) is 0 Å². The monoisotopic (exact) mass is 320 g/mol. The van der Waals surface area contributed by atoms with Crippen molar-refractivity contribution >= 4 is 33.1 Å². The van der Waals surface area contributed by atoms with E-state index in [-0.39, 0.29) is 22.7 Å². The molecule has 0 heterocycles. The number of benzene rings is 2. The molecule has 0 saturated heterocycles. The van der Waals surface area contributed by atoms with Gasteiger partial charge in [-0.3, -0.25) is 14.9 Å². The van der Waals surface area contributed by atoms with Crippen molar-refractivity contribution in [2.45, 2.75) is 0 Å². The predicted molar refractivity (Wildman–Crippen MR) is 75.1 cm³/mol. The van der Waals surface area contributed by atoms with Crippen molar-refractivity contribution in [3.8, 4) is 0 Å². The lowest BCUT2D eigenvalue weighted by Gasteiger charge is -2.03. The van der Waals surface area contributed by atoms with Crippen LogP contribution < -0.4 is 5.73 Å². The molecule has 2 rings (SSSR count). The van der Waals surface area contributed by atoms with E-state index in [0.29, 0.717) is 5.56 Å². The van der Waals surface area contributed by atoms with Crippen molar-refractivity contribution in [3.63, 3.8) is 0 Å². The minimum absolute atomic E-state index is 0.0392. The lowest BCUT2D eigenvalue weighted by molar-refractivity contribution is -0.383. The highest BCUT2D eigenvalue weighted by Gasteiger charge is 2.16. The molecule has 6 heteroatoms. The average Bonchev–Trinajstić information content (AvgIpc) is 2.39. The number of nitrogens with zero attached hydrogens (tertiary/aromatic N) is 1. The number of carbonyl (C=O) groups is 1. The van der Waals surface area contributed by atoms with E-state index in [0.717, 1.165) is 4.47 Å². The van der Waals surface area contributed by atoms with Crippen molar-refractivity contribution < 1.29 is 9.72 Å². The summed E-state index contributed by atoms with van der Waals surface area (Å²) in [5.41, 5.74) is 5.97. The second kappa shape index (κ2) is 5.19. The van der Waals surface area contributed by atoms with Crippen LogP contribution in [0.4, 0.5) is 11.4 Å². The third-order valence-corrected chi connectivity index (χ3v) is 3.12. The van der Waals surface area contributed by atoms with Crippen molar-refractivity contribution in [1.82, 2.24) is 0 Å². The summed E-state index contributed by atoms with van der Waals surface area (Å²) in [4.78, 5) is 22.3. The van der Waals surface area contributed by atoms with Gasteiger partial charge in [0.1, 0.15) is 5.69 Å². The summed E-state index contributed by atoms with van der Waals surface area (Å²) in [6, 6.07) is 10.8. The van der Waals surface area contributed by atoms with Crippen LogP contribution in [0, 0.1) is 10.1 Å². The van der Waals surface area contributed by atoms with Gasteiger partial charge in [-0.15, -0.1) is 0 Å². The molecule has 0 amide bonds. The quantitative estimate of drug-likeness (QED) is 0.407. The Morgan fingerprint density at radius 3 is 2.26 bits per heavy atom. The van der Waals surface area contributed by atoms with Crippen LogP contribution in [-0.4, -0.2) is 10.7 Å². The number of hydrogen-bond acceptors (Lipinski definition) is 4. The second-order valence-corrected chi connectivity index (χ2v) is 4.78. The topological polar surface area (TPSA) is 86.2 Å². The van der Waals surface area contributed by atoms with Crippen LogP contribution in [0.15, 0.2) is 46.9 Å². The maximum atomic E-state index is 12.2. The molecule has 0 atom stereocenters. The van der Waals surface area contributed by atoms with Crippen molar-refractivity contribution in [1.29, 1.82) is 0 Å². The largest absolute Gasteiger partial charge is 0.393 e. The predicted octanol–water partition coefficient (Wildman–Crippen LogP) is 3.17. The standard InChI is InChI=1S/C13H9BrN2O3/c14-10-4-1-8(2-5-10)13(17)9-3-6-11(15)12(7-9)16(18)19/h1-7H,15H2. The minimum atomic E-state index is -0.603. The molecule has 2 aromatic rings. The smallest absolute Gasteiger partial charge is 0.292 e. The highest BCUT2D eigenvalue weighted by molar-refractivity contribution is 9.10. The van der Waals surface area contributed by atoms with Crippen LogP contribution in [0.3, 0.4) is 0 Å². The number of nitro groups is 1. The van der Waals surface area contributed by atoms with Gasteiger partial charge in [0.25, 0.3) is 5.69 Å². The SMILES string of the molecule is Nc1ccc(C(=O)c2ccc(Br)cc2)cc1[N+](=O)[O-]. The first-order valence-electron chi connectivity index (χ1n) is 5.33. The van der Waals surface area contributed by atoms with E-state index in [1.54, 1.807) is 24.3 Å². The molecule has 0 aliphatic rings. The van der Waals surface area contributed by atoms with Crippen molar-refractivity contribution in [2.75, 3.05) is 5.73 Å². The number of nitro benzene ring substituents is 1. The van der Waals surface area contributed by atoms with Crippen LogP contribution >= 0.6 is 15.9 Å². The molecule has 0 aromatic heterocycles. The normalized spacial score (nSPS) is 10.2. The van der Waals surface area contributed by atoms with E-state index in [4.69, 9.17) is 5.73 Å². The average molecular weight is 321 g/mol. The Kier molecular flexibility index (Phi) is 3.62. The van der Waals surface area contributed by atoms with Crippen molar-refractivity contribution in [3.05, 3.63) is 68.2 Å². The molecule has 0 aliphatic heterocycles. The molecule has 0 spiro atoms. The zero-order valence-electron chi connectivity index (χ0n) is 9.67. The number of halogens is 1. The Balaban J connectivity index is 2.42. The molecule has 0 unspecified atom stereocenters. The Morgan fingerprint density at radius 1 is 1.11 bits per heavy atom. The van der Waals surface area contributed by atoms with Gasteiger partial charge in [-0.2, -0.15) is 0 Å². The van der Waals surface area contributed by atoms with E-state index in [9.17, 15) is 14.9 Å². The third kappa shape index (κ3) is 2.79. The number of hydrogen-bond donors (Lipinski definition) is 1. The fourth-order valence-corrected chi connectivity index (χ4v) is 1.88. The first-order chi connectivity index (χ1) is 8.99. The highest BCUT2D eigenvalue weighted by atomic mass is 79.9. The van der Waals surface area contributed by atoms with Gasteiger partial charge in [0.05, 0.1) is 4.92 Å². The van der Waals surface area contributed by atoms with Crippen LogP contribution in [0.1, 0.15) is 15.9 Å². The summed E-state index contributed by atoms with van der Waals surface area (Å²) in [5, 5.41) is 10.8. The third-order valence-electron chi connectivity index (χ3n) is 2.60. The Hall–Kier alpha value is -2.21. The van der Waals surface area contributed by atoms with Gasteiger partial charge in [0.2, 0.25) is 0 Å². The van der Waals surface area contributed by atoms with Gasteiger partial charge in [0, 0.05) is 21.7 Å². The fraction of sp³-hybridized carbons (Fsp3) is 0. The zero-order chi connectivity index (χ0) is 14.0. The Labute approximate surface area is 117 Å². The number of nitrogen functional groups attached to an aromatic ring is 1. The molecule has 0 aliphatic carbocycles. The number of carbonyl (C=O) groups excluding carboxylic acids is 1. The van der Waals surface area contributed by atoms with E-state index in [2.05, 4.69) is 15.9 Å². The zero-order valence-corrected chi connectivity index (χ0v) is 11.3. The van der Waals surface area contributed by atoms with E-state index in [1.807, 2.05) is 0 Å². The number of ketones is 1. The molecule has 2 N–H and O–H groups in total. The highest BCUT2D eigenvalue weighted by Crippen LogP contribution is 2.24. The van der Waals surface area contributed by atoms with Gasteiger partial charge >= 0.3 is 0 Å². The van der Waals surface area contributed by atoms with E-state index >= 15 is 0 Å². The van der Waals surface area contributed by atoms with Crippen LogP contribution in [0.2, 0.25) is 0 Å². The molecule has 19 heavy (non-hydrogen) atoms. The lowest BCUT2D eigenvalue weighted by atomic mass is 10.0. The van der Waals surface area contributed by atoms with Crippen LogP contribution in [-0.2, 0) is 0 Å². The maximum Gasteiger partial charge on any atom is 0.292 e.